The van der Waals surface area contributed by atoms with Gasteiger partial charge in [-0.15, -0.1) is 0 Å². The van der Waals surface area contributed by atoms with E-state index >= 15 is 0 Å². The van der Waals surface area contributed by atoms with Gasteiger partial charge in [0.2, 0.25) is 0 Å². The topological polar surface area (TPSA) is 74.2 Å². The number of para-hydroxylation sites is 1. The van der Waals surface area contributed by atoms with E-state index in [4.69, 9.17) is 11.6 Å². The maximum atomic E-state index is 12.3. The summed E-state index contributed by atoms with van der Waals surface area (Å²) in [6, 6.07) is 20.9. The molecule has 1 aromatic heterocycles. The minimum Gasteiger partial charge on any atom is -0.379 e. The number of carbonyl (C=O) groups is 1. The van der Waals surface area contributed by atoms with E-state index in [0.29, 0.717) is 16.9 Å². The SMILES string of the molecule is CC(O)(c1ccccc1)c1nc(Cl)ccc1NC(=O)Nc1ccccc1. The van der Waals surface area contributed by atoms with Crippen LogP contribution in [0.4, 0.5) is 16.2 Å². The van der Waals surface area contributed by atoms with E-state index in [-0.39, 0.29) is 10.8 Å². The van der Waals surface area contributed by atoms with Gasteiger partial charge in [-0.2, -0.15) is 0 Å². The molecule has 0 aliphatic heterocycles. The Morgan fingerprint density at radius 3 is 2.23 bits per heavy atom. The molecule has 0 fully saturated rings. The number of benzene rings is 2. The molecular weight excluding hydrogens is 350 g/mol. The number of amides is 2. The van der Waals surface area contributed by atoms with Crippen molar-refractivity contribution in [1.29, 1.82) is 0 Å². The molecule has 5 nitrogen and oxygen atoms in total. The van der Waals surface area contributed by atoms with Crippen molar-refractivity contribution in [2.24, 2.45) is 0 Å². The molecule has 6 heteroatoms. The molecule has 3 aromatic rings. The van der Waals surface area contributed by atoms with Crippen LogP contribution in [0.1, 0.15) is 18.2 Å². The minimum absolute atomic E-state index is 0.227. The molecule has 0 bridgehead atoms. The third-order valence-corrected chi connectivity index (χ3v) is 4.15. The highest BCUT2D eigenvalue weighted by Crippen LogP contribution is 2.33. The standard InChI is InChI=1S/C20H18ClN3O2/c1-20(26,14-8-4-2-5-9-14)18-16(12-13-17(21)24-18)23-19(25)22-15-10-6-3-7-11-15/h2-13,26H,1H3,(H2,22,23,25). The first kappa shape index (κ1) is 17.9. The van der Waals surface area contributed by atoms with Crippen LogP contribution in [-0.2, 0) is 5.60 Å². The number of aromatic nitrogens is 1. The minimum atomic E-state index is -1.43. The second kappa shape index (κ2) is 7.56. The van der Waals surface area contributed by atoms with Gasteiger partial charge < -0.3 is 15.7 Å². The third-order valence-electron chi connectivity index (χ3n) is 3.94. The monoisotopic (exact) mass is 367 g/mol. The number of hydrogen-bond donors (Lipinski definition) is 3. The molecule has 1 heterocycles. The van der Waals surface area contributed by atoms with Crippen molar-refractivity contribution in [3.8, 4) is 0 Å². The average Bonchev–Trinajstić information content (AvgIpc) is 2.64. The Morgan fingerprint density at radius 1 is 0.962 bits per heavy atom. The van der Waals surface area contributed by atoms with Crippen LogP contribution in [0.25, 0.3) is 0 Å². The van der Waals surface area contributed by atoms with Crippen molar-refractivity contribution >= 4 is 29.0 Å². The van der Waals surface area contributed by atoms with E-state index in [1.165, 1.54) is 0 Å². The Kier molecular flexibility index (Phi) is 5.21. The zero-order valence-corrected chi connectivity index (χ0v) is 14.9. The number of carbonyl (C=O) groups excluding carboxylic acids is 1. The highest BCUT2D eigenvalue weighted by atomic mass is 35.5. The normalized spacial score (nSPS) is 12.9. The Balaban J connectivity index is 1.90. The fourth-order valence-corrected chi connectivity index (χ4v) is 2.76. The number of halogens is 1. The summed E-state index contributed by atoms with van der Waals surface area (Å²) in [7, 11) is 0. The van der Waals surface area contributed by atoms with E-state index < -0.39 is 11.6 Å². The third kappa shape index (κ3) is 4.02. The van der Waals surface area contributed by atoms with Gasteiger partial charge in [0.15, 0.2) is 0 Å². The Morgan fingerprint density at radius 2 is 1.58 bits per heavy atom. The van der Waals surface area contributed by atoms with Gasteiger partial charge >= 0.3 is 6.03 Å². The Labute approximate surface area is 156 Å². The first-order valence-electron chi connectivity index (χ1n) is 8.05. The Hall–Kier alpha value is -2.89. The smallest absolute Gasteiger partial charge is 0.323 e. The molecule has 2 amide bonds. The molecule has 26 heavy (non-hydrogen) atoms. The van der Waals surface area contributed by atoms with Crippen LogP contribution in [0.2, 0.25) is 5.15 Å². The van der Waals surface area contributed by atoms with Gasteiger partial charge in [-0.1, -0.05) is 60.1 Å². The molecule has 0 saturated heterocycles. The number of nitrogens with zero attached hydrogens (tertiary/aromatic N) is 1. The van der Waals surface area contributed by atoms with E-state index in [1.807, 2.05) is 36.4 Å². The second-order valence-electron chi connectivity index (χ2n) is 5.91. The van der Waals surface area contributed by atoms with Crippen molar-refractivity contribution in [2.45, 2.75) is 12.5 Å². The first-order valence-corrected chi connectivity index (χ1v) is 8.42. The van der Waals surface area contributed by atoms with Crippen LogP contribution in [0.5, 0.6) is 0 Å². The molecule has 132 valence electrons. The lowest BCUT2D eigenvalue weighted by Gasteiger charge is -2.26. The van der Waals surface area contributed by atoms with Crippen LogP contribution in [0.3, 0.4) is 0 Å². The van der Waals surface area contributed by atoms with Gasteiger partial charge in [-0.05, 0) is 36.8 Å². The van der Waals surface area contributed by atoms with Crippen molar-refractivity contribution in [3.63, 3.8) is 0 Å². The number of urea groups is 1. The first-order chi connectivity index (χ1) is 12.5. The largest absolute Gasteiger partial charge is 0.379 e. The van der Waals surface area contributed by atoms with Gasteiger partial charge in [0.05, 0.1) is 5.69 Å². The number of rotatable bonds is 4. The number of aliphatic hydroxyl groups is 1. The van der Waals surface area contributed by atoms with E-state index in [0.717, 1.165) is 0 Å². The number of hydrogen-bond acceptors (Lipinski definition) is 3. The quantitative estimate of drug-likeness (QED) is 0.588. The van der Waals surface area contributed by atoms with Crippen molar-refractivity contribution in [3.05, 3.63) is 89.2 Å². The summed E-state index contributed by atoms with van der Waals surface area (Å²) >= 11 is 6.03. The molecule has 0 aliphatic rings. The summed E-state index contributed by atoms with van der Waals surface area (Å²) < 4.78 is 0. The molecule has 0 spiro atoms. The predicted octanol–water partition coefficient (Wildman–Crippen LogP) is 4.63. The summed E-state index contributed by atoms with van der Waals surface area (Å²) in [5.41, 5.74) is 0.502. The van der Waals surface area contributed by atoms with E-state index in [2.05, 4.69) is 15.6 Å². The van der Waals surface area contributed by atoms with Crippen LogP contribution in [0.15, 0.2) is 72.8 Å². The molecule has 0 radical (unpaired) electrons. The summed E-state index contributed by atoms with van der Waals surface area (Å²) in [4.78, 5) is 16.6. The molecule has 3 N–H and O–H groups in total. The lowest BCUT2D eigenvalue weighted by molar-refractivity contribution is 0.0982. The second-order valence-corrected chi connectivity index (χ2v) is 6.30. The highest BCUT2D eigenvalue weighted by Gasteiger charge is 2.31. The zero-order valence-electron chi connectivity index (χ0n) is 14.1. The van der Waals surface area contributed by atoms with Crippen LogP contribution >= 0.6 is 11.6 Å². The van der Waals surface area contributed by atoms with Crippen molar-refractivity contribution < 1.29 is 9.90 Å². The van der Waals surface area contributed by atoms with Crippen molar-refractivity contribution in [2.75, 3.05) is 10.6 Å². The summed E-state index contributed by atoms with van der Waals surface area (Å²) in [5.74, 6) is 0. The summed E-state index contributed by atoms with van der Waals surface area (Å²) in [5, 5.41) is 16.8. The summed E-state index contributed by atoms with van der Waals surface area (Å²) in [6.45, 7) is 1.61. The lowest BCUT2D eigenvalue weighted by Crippen LogP contribution is -2.28. The molecule has 0 aliphatic carbocycles. The fraction of sp³-hybridized carbons (Fsp3) is 0.100. The lowest BCUT2D eigenvalue weighted by atomic mass is 9.91. The van der Waals surface area contributed by atoms with Crippen LogP contribution in [0, 0.1) is 0 Å². The number of anilines is 2. The molecule has 0 saturated carbocycles. The fourth-order valence-electron chi connectivity index (χ4n) is 2.61. The van der Waals surface area contributed by atoms with Gasteiger partial charge in [-0.25, -0.2) is 9.78 Å². The predicted molar refractivity (Wildman–Crippen MR) is 103 cm³/mol. The highest BCUT2D eigenvalue weighted by molar-refractivity contribution is 6.29. The van der Waals surface area contributed by atoms with Gasteiger partial charge in [0, 0.05) is 5.69 Å². The van der Waals surface area contributed by atoms with E-state index in [9.17, 15) is 9.90 Å². The van der Waals surface area contributed by atoms with Gasteiger partial charge in [0.1, 0.15) is 16.4 Å². The number of nitrogens with one attached hydrogen (secondary N) is 2. The summed E-state index contributed by atoms with van der Waals surface area (Å²) in [6.07, 6.45) is 0. The zero-order chi connectivity index (χ0) is 18.6. The van der Waals surface area contributed by atoms with Crippen molar-refractivity contribution in [1.82, 2.24) is 4.98 Å². The number of pyridine rings is 1. The van der Waals surface area contributed by atoms with E-state index in [1.54, 1.807) is 43.3 Å². The molecular formula is C20H18ClN3O2. The van der Waals surface area contributed by atoms with Gasteiger partial charge in [0.25, 0.3) is 0 Å². The molecule has 2 aromatic carbocycles. The molecule has 3 rings (SSSR count). The molecule has 1 atom stereocenters. The molecule has 1 unspecified atom stereocenters. The maximum Gasteiger partial charge on any atom is 0.323 e. The maximum absolute atomic E-state index is 12.3. The van der Waals surface area contributed by atoms with Crippen LogP contribution < -0.4 is 10.6 Å². The van der Waals surface area contributed by atoms with Gasteiger partial charge in [-0.3, -0.25) is 0 Å². The van der Waals surface area contributed by atoms with Crippen LogP contribution in [-0.4, -0.2) is 16.1 Å². The Bertz CT molecular complexity index is 899. The average molecular weight is 368 g/mol.